The zero-order chi connectivity index (χ0) is 18.2. The van der Waals surface area contributed by atoms with Gasteiger partial charge in [0.25, 0.3) is 5.91 Å². The van der Waals surface area contributed by atoms with E-state index in [-0.39, 0.29) is 12.5 Å². The molecule has 0 aliphatic carbocycles. The van der Waals surface area contributed by atoms with E-state index in [4.69, 9.17) is 21.4 Å². The lowest BCUT2D eigenvalue weighted by molar-refractivity contribution is -0.138. The summed E-state index contributed by atoms with van der Waals surface area (Å²) in [5.41, 5.74) is 1.98. The zero-order valence-corrected chi connectivity index (χ0v) is 15.2. The molecule has 1 aromatic heterocycles. The Balaban J connectivity index is 2.09. The minimum atomic E-state index is -0.681. The number of amides is 1. The van der Waals surface area contributed by atoms with Crippen molar-refractivity contribution in [2.24, 2.45) is 0 Å². The molecule has 134 valence electrons. The minimum Gasteiger partial charge on any atom is -0.479 e. The Morgan fingerprint density at radius 1 is 1.32 bits per heavy atom. The molecule has 5 nitrogen and oxygen atoms in total. The highest BCUT2D eigenvalue weighted by atomic mass is 35.5. The molecular weight excluding hydrogens is 340 g/mol. The normalized spacial score (nSPS) is 11.8. The Labute approximate surface area is 153 Å². The highest BCUT2D eigenvalue weighted by Gasteiger charge is 2.23. The maximum Gasteiger partial charge on any atom is 0.263 e. The molecule has 0 fully saturated rings. The lowest BCUT2D eigenvalue weighted by Crippen LogP contribution is -2.40. The zero-order valence-electron chi connectivity index (χ0n) is 14.5. The van der Waals surface area contributed by atoms with Crippen LogP contribution in [0.2, 0.25) is 5.02 Å². The molecule has 1 atom stereocenters. The van der Waals surface area contributed by atoms with E-state index in [0.717, 1.165) is 11.1 Å². The molecule has 0 saturated heterocycles. The number of pyridine rings is 1. The summed E-state index contributed by atoms with van der Waals surface area (Å²) in [7, 11) is 0. The fourth-order valence-electron chi connectivity index (χ4n) is 2.44. The number of aromatic nitrogens is 1. The van der Waals surface area contributed by atoms with Crippen molar-refractivity contribution in [3.63, 3.8) is 0 Å². The number of aliphatic hydroxyl groups excluding tert-OH is 1. The second-order valence-electron chi connectivity index (χ2n) is 5.89. The molecule has 6 heteroatoms. The molecule has 0 aliphatic heterocycles. The SMILES string of the molecule is Cc1ccc(Cl)c(O[C@@H](C)C(=O)N(CCCO)Cc2ccncc2)c1. The Kier molecular flexibility index (Phi) is 7.22. The number of hydrogen-bond acceptors (Lipinski definition) is 4. The highest BCUT2D eigenvalue weighted by Crippen LogP contribution is 2.26. The number of benzene rings is 1. The van der Waals surface area contributed by atoms with E-state index in [0.29, 0.717) is 30.3 Å². The number of aliphatic hydroxyl groups is 1. The van der Waals surface area contributed by atoms with Gasteiger partial charge in [0.1, 0.15) is 5.75 Å². The van der Waals surface area contributed by atoms with Gasteiger partial charge in [-0.2, -0.15) is 0 Å². The van der Waals surface area contributed by atoms with Crippen LogP contribution in [-0.4, -0.2) is 40.2 Å². The van der Waals surface area contributed by atoms with Crippen molar-refractivity contribution in [3.05, 3.63) is 58.9 Å². The molecule has 0 bridgehead atoms. The molecule has 0 unspecified atom stereocenters. The van der Waals surface area contributed by atoms with Crippen molar-refractivity contribution in [2.75, 3.05) is 13.2 Å². The van der Waals surface area contributed by atoms with Gasteiger partial charge >= 0.3 is 0 Å². The molecule has 2 rings (SSSR count). The third kappa shape index (κ3) is 5.73. The Bertz CT molecular complexity index is 694. The summed E-state index contributed by atoms with van der Waals surface area (Å²) >= 11 is 6.15. The topological polar surface area (TPSA) is 62.7 Å². The Morgan fingerprint density at radius 2 is 2.04 bits per heavy atom. The summed E-state index contributed by atoms with van der Waals surface area (Å²) in [4.78, 5) is 18.5. The van der Waals surface area contributed by atoms with Gasteiger partial charge in [-0.05, 0) is 55.7 Å². The van der Waals surface area contributed by atoms with Crippen molar-refractivity contribution in [1.29, 1.82) is 0 Å². The van der Waals surface area contributed by atoms with Crippen LogP contribution in [0.25, 0.3) is 0 Å². The third-order valence-corrected chi connectivity index (χ3v) is 4.07. The molecule has 0 aliphatic rings. The van der Waals surface area contributed by atoms with Crippen LogP contribution < -0.4 is 4.74 Å². The Hall–Kier alpha value is -2.11. The maximum atomic E-state index is 12.8. The summed E-state index contributed by atoms with van der Waals surface area (Å²) < 4.78 is 5.79. The first kappa shape index (κ1) is 19.2. The van der Waals surface area contributed by atoms with Crippen LogP contribution >= 0.6 is 11.6 Å². The summed E-state index contributed by atoms with van der Waals surface area (Å²) in [6, 6.07) is 9.18. The van der Waals surface area contributed by atoms with Crippen molar-refractivity contribution in [3.8, 4) is 5.75 Å². The number of carbonyl (C=O) groups is 1. The lowest BCUT2D eigenvalue weighted by atomic mass is 10.2. The molecule has 0 spiro atoms. The number of rotatable bonds is 8. The van der Waals surface area contributed by atoms with Crippen LogP contribution in [-0.2, 0) is 11.3 Å². The van der Waals surface area contributed by atoms with Crippen molar-refractivity contribution in [1.82, 2.24) is 9.88 Å². The van der Waals surface area contributed by atoms with Gasteiger partial charge in [0.2, 0.25) is 0 Å². The molecule has 1 N–H and O–H groups in total. The second kappa shape index (κ2) is 9.39. The fraction of sp³-hybridized carbons (Fsp3) is 0.368. The molecule has 2 aromatic rings. The molecule has 1 heterocycles. The fourth-order valence-corrected chi connectivity index (χ4v) is 2.60. The quantitative estimate of drug-likeness (QED) is 0.783. The average Bonchev–Trinajstić information content (AvgIpc) is 2.62. The molecule has 25 heavy (non-hydrogen) atoms. The number of ether oxygens (including phenoxy) is 1. The van der Waals surface area contributed by atoms with E-state index in [1.54, 1.807) is 30.3 Å². The summed E-state index contributed by atoms with van der Waals surface area (Å²) in [5, 5.41) is 9.58. The van der Waals surface area contributed by atoms with Crippen LogP contribution in [0.15, 0.2) is 42.7 Å². The second-order valence-corrected chi connectivity index (χ2v) is 6.29. The summed E-state index contributed by atoms with van der Waals surface area (Å²) in [5.74, 6) is 0.344. The van der Waals surface area contributed by atoms with Gasteiger partial charge < -0.3 is 14.7 Å². The minimum absolute atomic E-state index is 0.0269. The van der Waals surface area contributed by atoms with Gasteiger partial charge in [0.15, 0.2) is 6.10 Å². The smallest absolute Gasteiger partial charge is 0.263 e. The van der Waals surface area contributed by atoms with Crippen molar-refractivity contribution >= 4 is 17.5 Å². The van der Waals surface area contributed by atoms with E-state index in [1.165, 1.54) is 0 Å². The van der Waals surface area contributed by atoms with Crippen LogP contribution in [0, 0.1) is 6.92 Å². The standard InChI is InChI=1S/C19H23ClN2O3/c1-14-4-5-17(20)18(12-14)25-15(2)19(24)22(10-3-11-23)13-16-6-8-21-9-7-16/h4-9,12,15,23H,3,10-11,13H2,1-2H3/t15-/m0/s1. The van der Waals surface area contributed by atoms with Crippen LogP contribution in [0.5, 0.6) is 5.75 Å². The first-order valence-electron chi connectivity index (χ1n) is 8.22. The number of carbonyl (C=O) groups excluding carboxylic acids is 1. The molecular formula is C19H23ClN2O3. The van der Waals surface area contributed by atoms with Gasteiger partial charge in [-0.1, -0.05) is 17.7 Å². The van der Waals surface area contributed by atoms with Gasteiger partial charge in [-0.15, -0.1) is 0 Å². The van der Waals surface area contributed by atoms with Gasteiger partial charge in [-0.25, -0.2) is 0 Å². The van der Waals surface area contributed by atoms with Gasteiger partial charge in [-0.3, -0.25) is 9.78 Å². The monoisotopic (exact) mass is 362 g/mol. The lowest BCUT2D eigenvalue weighted by Gasteiger charge is -2.26. The number of hydrogen-bond donors (Lipinski definition) is 1. The predicted octanol–water partition coefficient (Wildman–Crippen LogP) is 3.22. The van der Waals surface area contributed by atoms with E-state index >= 15 is 0 Å². The third-order valence-electron chi connectivity index (χ3n) is 3.76. The first-order chi connectivity index (χ1) is 12.0. The number of aryl methyl sites for hydroxylation is 1. The van der Waals surface area contributed by atoms with E-state index in [1.807, 2.05) is 31.2 Å². The average molecular weight is 363 g/mol. The van der Waals surface area contributed by atoms with Gasteiger partial charge in [0.05, 0.1) is 5.02 Å². The van der Waals surface area contributed by atoms with Crippen LogP contribution in [0.4, 0.5) is 0 Å². The van der Waals surface area contributed by atoms with E-state index < -0.39 is 6.10 Å². The van der Waals surface area contributed by atoms with E-state index in [2.05, 4.69) is 4.98 Å². The van der Waals surface area contributed by atoms with Crippen molar-refractivity contribution in [2.45, 2.75) is 32.9 Å². The molecule has 1 amide bonds. The maximum absolute atomic E-state index is 12.8. The number of halogens is 1. The molecule has 0 saturated carbocycles. The van der Waals surface area contributed by atoms with Crippen LogP contribution in [0.1, 0.15) is 24.5 Å². The largest absolute Gasteiger partial charge is 0.479 e. The molecule has 1 aromatic carbocycles. The van der Waals surface area contributed by atoms with Crippen LogP contribution in [0.3, 0.4) is 0 Å². The van der Waals surface area contributed by atoms with E-state index in [9.17, 15) is 4.79 Å². The summed E-state index contributed by atoms with van der Waals surface area (Å²) in [6.45, 7) is 4.56. The van der Waals surface area contributed by atoms with Gasteiger partial charge in [0, 0.05) is 32.1 Å². The first-order valence-corrected chi connectivity index (χ1v) is 8.60. The summed E-state index contributed by atoms with van der Waals surface area (Å²) in [6.07, 6.45) is 3.21. The number of nitrogens with zero attached hydrogens (tertiary/aromatic N) is 2. The Morgan fingerprint density at radius 3 is 2.72 bits per heavy atom. The highest BCUT2D eigenvalue weighted by molar-refractivity contribution is 6.32. The molecule has 0 radical (unpaired) electrons. The predicted molar refractivity (Wildman–Crippen MR) is 97.6 cm³/mol. The van der Waals surface area contributed by atoms with Crippen molar-refractivity contribution < 1.29 is 14.6 Å².